The Kier molecular flexibility index (Phi) is 3.76. The Morgan fingerprint density at radius 3 is 1.49 bits per heavy atom. The summed E-state index contributed by atoms with van der Waals surface area (Å²) in [5, 5.41) is 10.1. The van der Waals surface area contributed by atoms with Crippen LogP contribution in [0.2, 0.25) is 0 Å². The third-order valence-corrected chi connectivity index (χ3v) is 8.26. The minimum absolute atomic E-state index is 0.891. The van der Waals surface area contributed by atoms with Gasteiger partial charge in [-0.15, -0.1) is 0 Å². The predicted octanol–water partition coefficient (Wildman–Crippen LogP) is 8.25. The van der Waals surface area contributed by atoms with Gasteiger partial charge in [0.1, 0.15) is 11.0 Å². The summed E-state index contributed by atoms with van der Waals surface area (Å²) < 4.78 is 14.8. The highest BCUT2D eigenvalue weighted by Gasteiger charge is 2.26. The fourth-order valence-electron chi connectivity index (χ4n) is 6.37. The Bertz CT molecular complexity index is 1990. The Morgan fingerprint density at radius 2 is 1.03 bits per heavy atom. The lowest BCUT2D eigenvalue weighted by molar-refractivity contribution is 0.808. The molecule has 35 heavy (non-hydrogen) atoms. The highest BCUT2D eigenvalue weighted by Crippen LogP contribution is 2.47. The molecule has 0 atom stereocenters. The van der Waals surface area contributed by atoms with Crippen LogP contribution in [-0.2, 0) is 13.1 Å². The molecular weight excluding hydrogens is 448 g/mol. The summed E-state index contributed by atoms with van der Waals surface area (Å²) in [6, 6.07) is 26.5. The zero-order valence-electron chi connectivity index (χ0n) is 19.5. The molecule has 8 aromatic rings. The van der Waals surface area contributed by atoms with E-state index in [4.69, 9.17) is 8.75 Å². The molecule has 0 aliphatic rings. The normalized spacial score (nSPS) is 12.5. The quantitative estimate of drug-likeness (QED) is 0.255. The summed E-state index contributed by atoms with van der Waals surface area (Å²) in [5.74, 6) is 0. The number of aromatic nitrogens is 4. The lowest BCUT2D eigenvalue weighted by Gasteiger charge is -2.09. The minimum Gasteiger partial charge on any atom is -0.339 e. The van der Waals surface area contributed by atoms with E-state index in [1.165, 1.54) is 76.9 Å². The minimum atomic E-state index is 0.891. The lowest BCUT2D eigenvalue weighted by atomic mass is 10.00. The second-order valence-corrected chi connectivity index (χ2v) is 9.79. The molecule has 0 saturated carbocycles. The first kappa shape index (κ1) is 19.4. The van der Waals surface area contributed by atoms with Gasteiger partial charge >= 0.3 is 0 Å². The summed E-state index contributed by atoms with van der Waals surface area (Å²) in [7, 11) is 0. The molecule has 0 radical (unpaired) electrons. The van der Waals surface area contributed by atoms with Crippen LogP contribution >= 0.6 is 11.7 Å². The highest BCUT2D eigenvalue weighted by atomic mass is 32.1. The van der Waals surface area contributed by atoms with Crippen molar-refractivity contribution in [2.45, 2.75) is 26.9 Å². The van der Waals surface area contributed by atoms with Crippen LogP contribution in [0.3, 0.4) is 0 Å². The fourth-order valence-corrected chi connectivity index (χ4v) is 6.93. The van der Waals surface area contributed by atoms with Crippen molar-refractivity contribution in [3.05, 3.63) is 72.8 Å². The standard InChI is InChI=1S/C30H22N4S/c1-3-33-21-15-13-17-9-5-7-11-19(17)23(21)25-27-28(32-35-31-27)26-24-20-12-8-6-10-18(20)14-16-22(24)34(4-2)30(26)29(25)33/h5-16H,3-4H2,1-2H3. The fraction of sp³-hybridized carbons (Fsp3) is 0.133. The van der Waals surface area contributed by atoms with Gasteiger partial charge in [-0.1, -0.05) is 60.7 Å². The molecule has 4 nitrogen and oxygen atoms in total. The molecule has 0 aliphatic heterocycles. The monoisotopic (exact) mass is 470 g/mol. The lowest BCUT2D eigenvalue weighted by Crippen LogP contribution is -1.99. The molecule has 0 amide bonds. The number of rotatable bonds is 2. The Hall–Kier alpha value is -3.96. The summed E-state index contributed by atoms with van der Waals surface area (Å²) in [4.78, 5) is 0. The summed E-state index contributed by atoms with van der Waals surface area (Å²) in [5.41, 5.74) is 7.12. The SMILES string of the molecule is CCn1c2ccc3ccccc3c2c2c3nsnc3c3c4c5ccccc5ccc4n(CC)c3c21. The smallest absolute Gasteiger partial charge is 0.115 e. The molecular formula is C30H22N4S. The van der Waals surface area contributed by atoms with E-state index >= 15 is 0 Å². The van der Waals surface area contributed by atoms with Crippen LogP contribution in [0.4, 0.5) is 0 Å². The topological polar surface area (TPSA) is 35.6 Å². The number of aryl methyl sites for hydroxylation is 2. The molecule has 0 spiro atoms. The van der Waals surface area contributed by atoms with Crippen molar-refractivity contribution in [3.8, 4) is 0 Å². The van der Waals surface area contributed by atoms with E-state index < -0.39 is 0 Å². The molecule has 0 unspecified atom stereocenters. The first-order valence-corrected chi connectivity index (χ1v) is 13.0. The highest BCUT2D eigenvalue weighted by molar-refractivity contribution is 7.00. The van der Waals surface area contributed by atoms with Gasteiger partial charge < -0.3 is 9.13 Å². The maximum Gasteiger partial charge on any atom is 0.115 e. The van der Waals surface area contributed by atoms with Crippen molar-refractivity contribution in [2.24, 2.45) is 0 Å². The number of nitrogens with zero attached hydrogens (tertiary/aromatic N) is 4. The predicted molar refractivity (Wildman–Crippen MR) is 150 cm³/mol. The van der Waals surface area contributed by atoms with Gasteiger partial charge in [-0.05, 0) is 47.5 Å². The largest absolute Gasteiger partial charge is 0.339 e. The van der Waals surface area contributed by atoms with E-state index in [0.29, 0.717) is 0 Å². The number of hydrogen-bond donors (Lipinski definition) is 0. The second-order valence-electron chi connectivity index (χ2n) is 9.26. The van der Waals surface area contributed by atoms with Crippen molar-refractivity contribution >= 4 is 87.9 Å². The molecule has 0 N–H and O–H groups in total. The van der Waals surface area contributed by atoms with Crippen LogP contribution in [-0.4, -0.2) is 17.9 Å². The van der Waals surface area contributed by atoms with Gasteiger partial charge in [0.05, 0.1) is 22.8 Å². The van der Waals surface area contributed by atoms with Gasteiger partial charge in [-0.25, -0.2) is 0 Å². The van der Waals surface area contributed by atoms with Crippen LogP contribution in [0.1, 0.15) is 13.8 Å². The van der Waals surface area contributed by atoms with E-state index in [1.54, 1.807) is 0 Å². The van der Waals surface area contributed by atoms with Gasteiger partial charge in [0.25, 0.3) is 0 Å². The van der Waals surface area contributed by atoms with Crippen LogP contribution in [0.5, 0.6) is 0 Å². The molecule has 168 valence electrons. The van der Waals surface area contributed by atoms with E-state index in [9.17, 15) is 0 Å². The Labute approximate surface area is 205 Å². The van der Waals surface area contributed by atoms with E-state index in [1.807, 2.05) is 0 Å². The zero-order chi connectivity index (χ0) is 23.3. The van der Waals surface area contributed by atoms with Crippen molar-refractivity contribution in [2.75, 3.05) is 0 Å². The molecule has 0 aliphatic carbocycles. The van der Waals surface area contributed by atoms with Gasteiger partial charge in [0.2, 0.25) is 0 Å². The second kappa shape index (κ2) is 6.80. The van der Waals surface area contributed by atoms with Gasteiger partial charge in [0.15, 0.2) is 0 Å². The zero-order valence-corrected chi connectivity index (χ0v) is 20.4. The Morgan fingerprint density at radius 1 is 0.571 bits per heavy atom. The van der Waals surface area contributed by atoms with E-state index in [0.717, 1.165) is 24.1 Å². The molecule has 5 aromatic carbocycles. The van der Waals surface area contributed by atoms with E-state index in [2.05, 4.69) is 95.8 Å². The third kappa shape index (κ3) is 2.27. The number of fused-ring (bicyclic) bond motifs is 14. The van der Waals surface area contributed by atoms with Crippen LogP contribution < -0.4 is 0 Å². The number of hydrogen-bond acceptors (Lipinski definition) is 3. The third-order valence-electron chi connectivity index (χ3n) is 7.73. The average molecular weight is 471 g/mol. The van der Waals surface area contributed by atoms with Gasteiger partial charge in [-0.2, -0.15) is 8.75 Å². The number of benzene rings is 5. The summed E-state index contributed by atoms with van der Waals surface area (Å²) in [6.45, 7) is 6.28. The van der Waals surface area contributed by atoms with Crippen molar-refractivity contribution in [3.63, 3.8) is 0 Å². The molecule has 5 heteroatoms. The molecule has 0 bridgehead atoms. The van der Waals surface area contributed by atoms with E-state index in [-0.39, 0.29) is 0 Å². The first-order valence-electron chi connectivity index (χ1n) is 12.2. The average Bonchev–Trinajstić information content (AvgIpc) is 3.60. The summed E-state index contributed by atoms with van der Waals surface area (Å²) >= 11 is 1.33. The van der Waals surface area contributed by atoms with Crippen LogP contribution in [0.15, 0.2) is 72.8 Å². The molecule has 8 rings (SSSR count). The van der Waals surface area contributed by atoms with Crippen LogP contribution in [0.25, 0.3) is 76.2 Å². The molecule has 0 saturated heterocycles. The van der Waals surface area contributed by atoms with Crippen LogP contribution in [0, 0.1) is 0 Å². The first-order chi connectivity index (χ1) is 17.3. The maximum absolute atomic E-state index is 4.93. The van der Waals surface area contributed by atoms with Crippen molar-refractivity contribution in [1.29, 1.82) is 0 Å². The van der Waals surface area contributed by atoms with Crippen molar-refractivity contribution < 1.29 is 0 Å². The van der Waals surface area contributed by atoms with Gasteiger partial charge in [-0.3, -0.25) is 0 Å². The maximum atomic E-state index is 4.93. The van der Waals surface area contributed by atoms with Crippen molar-refractivity contribution in [1.82, 2.24) is 17.9 Å². The molecule has 3 heterocycles. The Balaban J connectivity index is 1.80. The van der Waals surface area contributed by atoms with Gasteiger partial charge in [0, 0.05) is 45.7 Å². The summed E-state index contributed by atoms with van der Waals surface area (Å²) in [6.07, 6.45) is 0. The molecule has 0 fully saturated rings. The molecule has 3 aromatic heterocycles.